The molecule has 6 heteroatoms. The number of anilines is 2. The zero-order valence-corrected chi connectivity index (χ0v) is 16.1. The number of nitrogens with zero attached hydrogens (tertiary/aromatic N) is 2. The van der Waals surface area contributed by atoms with E-state index in [1.54, 1.807) is 0 Å². The summed E-state index contributed by atoms with van der Waals surface area (Å²) in [5.74, 6) is 0.528. The number of hydrogen-bond acceptors (Lipinski definition) is 4. The standard InChI is InChI=1S/C23H22FN5/c1-14-12-22(29-28-14)27-20-13-21(26-19-5-3-2-4-18(19)20)23(25-17-10-11-17)15-6-8-16(24)9-7-15/h2-9,12-13,17,23,25H,10-11H2,1H3,(H2,26,27,28,29). The van der Waals surface area contributed by atoms with Crippen molar-refractivity contribution in [3.8, 4) is 0 Å². The minimum atomic E-state index is -0.235. The van der Waals surface area contributed by atoms with Crippen LogP contribution in [-0.4, -0.2) is 21.2 Å². The summed E-state index contributed by atoms with van der Waals surface area (Å²) in [5.41, 5.74) is 4.75. The molecule has 29 heavy (non-hydrogen) atoms. The van der Waals surface area contributed by atoms with Gasteiger partial charge in [0.25, 0.3) is 0 Å². The first-order valence-electron chi connectivity index (χ1n) is 9.86. The van der Waals surface area contributed by atoms with Crippen molar-refractivity contribution >= 4 is 22.4 Å². The second-order valence-corrected chi connectivity index (χ2v) is 7.60. The minimum absolute atomic E-state index is 0.103. The Morgan fingerprint density at radius 3 is 2.59 bits per heavy atom. The molecule has 0 radical (unpaired) electrons. The number of aromatic amines is 1. The van der Waals surface area contributed by atoms with Crippen molar-refractivity contribution in [2.75, 3.05) is 5.32 Å². The Balaban J connectivity index is 1.60. The fourth-order valence-electron chi connectivity index (χ4n) is 3.56. The first kappa shape index (κ1) is 17.8. The Bertz CT molecular complexity index is 1150. The third kappa shape index (κ3) is 3.84. The maximum Gasteiger partial charge on any atom is 0.152 e. The Hall–Kier alpha value is -3.25. The monoisotopic (exact) mass is 387 g/mol. The van der Waals surface area contributed by atoms with E-state index in [-0.39, 0.29) is 11.9 Å². The summed E-state index contributed by atoms with van der Waals surface area (Å²) >= 11 is 0. The zero-order valence-electron chi connectivity index (χ0n) is 16.1. The van der Waals surface area contributed by atoms with Crippen LogP contribution in [0.3, 0.4) is 0 Å². The number of aromatic nitrogens is 3. The normalized spacial score (nSPS) is 14.8. The molecule has 0 amide bonds. The molecule has 1 saturated carbocycles. The molecule has 0 saturated heterocycles. The number of hydrogen-bond donors (Lipinski definition) is 3. The molecule has 4 aromatic rings. The molecule has 5 nitrogen and oxygen atoms in total. The maximum absolute atomic E-state index is 13.5. The molecule has 5 rings (SSSR count). The fourth-order valence-corrected chi connectivity index (χ4v) is 3.56. The lowest BCUT2D eigenvalue weighted by molar-refractivity contribution is 0.585. The highest BCUT2D eigenvalue weighted by Crippen LogP contribution is 2.33. The van der Waals surface area contributed by atoms with Gasteiger partial charge in [0.05, 0.1) is 22.9 Å². The van der Waals surface area contributed by atoms with Gasteiger partial charge in [0.15, 0.2) is 5.82 Å². The summed E-state index contributed by atoms with van der Waals surface area (Å²) in [7, 11) is 0. The van der Waals surface area contributed by atoms with E-state index < -0.39 is 0 Å². The van der Waals surface area contributed by atoms with Crippen LogP contribution in [0.15, 0.2) is 60.7 Å². The molecule has 1 aliphatic carbocycles. The number of rotatable bonds is 6. The van der Waals surface area contributed by atoms with Gasteiger partial charge in [-0.05, 0) is 49.6 Å². The van der Waals surface area contributed by atoms with Crippen molar-refractivity contribution in [2.24, 2.45) is 0 Å². The lowest BCUT2D eigenvalue weighted by Gasteiger charge is -2.21. The SMILES string of the molecule is Cc1cc(Nc2cc(C(NC3CC3)c3ccc(F)cc3)nc3ccccc23)n[nH]1. The van der Waals surface area contributed by atoms with Crippen LogP contribution in [0, 0.1) is 12.7 Å². The molecular weight excluding hydrogens is 365 g/mol. The molecule has 146 valence electrons. The average Bonchev–Trinajstić information content (AvgIpc) is 3.46. The van der Waals surface area contributed by atoms with E-state index in [1.807, 2.05) is 43.3 Å². The summed E-state index contributed by atoms with van der Waals surface area (Å²) < 4.78 is 13.5. The van der Waals surface area contributed by atoms with Gasteiger partial charge in [-0.3, -0.25) is 10.1 Å². The van der Waals surface area contributed by atoms with Gasteiger partial charge in [0.1, 0.15) is 5.82 Å². The molecule has 1 unspecified atom stereocenters. The minimum Gasteiger partial charge on any atom is -0.338 e. The van der Waals surface area contributed by atoms with Gasteiger partial charge in [0, 0.05) is 23.2 Å². The number of aryl methyl sites for hydroxylation is 1. The first-order chi connectivity index (χ1) is 14.2. The summed E-state index contributed by atoms with van der Waals surface area (Å²) in [5, 5.41) is 15.4. The molecule has 0 aliphatic heterocycles. The van der Waals surface area contributed by atoms with E-state index >= 15 is 0 Å². The van der Waals surface area contributed by atoms with Crippen LogP contribution in [0.4, 0.5) is 15.9 Å². The van der Waals surface area contributed by atoms with Gasteiger partial charge >= 0.3 is 0 Å². The highest BCUT2D eigenvalue weighted by molar-refractivity contribution is 5.93. The van der Waals surface area contributed by atoms with E-state index in [1.165, 1.54) is 12.1 Å². The van der Waals surface area contributed by atoms with E-state index in [4.69, 9.17) is 4.98 Å². The summed E-state index contributed by atoms with van der Waals surface area (Å²) in [6, 6.07) is 19.1. The number of H-pyrrole nitrogens is 1. The lowest BCUT2D eigenvalue weighted by atomic mass is 10.0. The molecule has 1 aliphatic rings. The van der Waals surface area contributed by atoms with Crippen LogP contribution in [0.1, 0.15) is 35.8 Å². The smallest absolute Gasteiger partial charge is 0.152 e. The Kier molecular flexibility index (Phi) is 4.48. The summed E-state index contributed by atoms with van der Waals surface area (Å²) in [6.45, 7) is 1.97. The molecule has 2 aromatic carbocycles. The zero-order chi connectivity index (χ0) is 19.8. The van der Waals surface area contributed by atoms with Gasteiger partial charge in [-0.2, -0.15) is 5.10 Å². The molecule has 0 spiro atoms. The third-order valence-electron chi connectivity index (χ3n) is 5.18. The number of halogens is 1. The molecule has 2 heterocycles. The predicted octanol–water partition coefficient (Wildman–Crippen LogP) is 4.99. The predicted molar refractivity (Wildman–Crippen MR) is 113 cm³/mol. The molecule has 1 fully saturated rings. The average molecular weight is 387 g/mol. The Labute approximate surface area is 168 Å². The summed E-state index contributed by atoms with van der Waals surface area (Å²) in [4.78, 5) is 4.94. The van der Waals surface area contributed by atoms with E-state index in [0.29, 0.717) is 6.04 Å². The van der Waals surface area contributed by atoms with Crippen molar-refractivity contribution in [1.29, 1.82) is 0 Å². The molecule has 0 bridgehead atoms. The summed E-state index contributed by atoms with van der Waals surface area (Å²) in [6.07, 6.45) is 2.31. The van der Waals surface area contributed by atoms with Gasteiger partial charge in [-0.25, -0.2) is 4.39 Å². The van der Waals surface area contributed by atoms with E-state index in [9.17, 15) is 4.39 Å². The number of para-hydroxylation sites is 1. The molecule has 1 atom stereocenters. The van der Waals surface area contributed by atoms with Crippen LogP contribution in [-0.2, 0) is 0 Å². The van der Waals surface area contributed by atoms with Crippen molar-refractivity contribution in [2.45, 2.75) is 31.8 Å². The van der Waals surface area contributed by atoms with E-state index in [2.05, 4.69) is 33.0 Å². The number of benzene rings is 2. The van der Waals surface area contributed by atoms with Gasteiger partial charge < -0.3 is 10.6 Å². The topological polar surface area (TPSA) is 65.6 Å². The lowest BCUT2D eigenvalue weighted by Crippen LogP contribution is -2.25. The Morgan fingerprint density at radius 1 is 1.07 bits per heavy atom. The van der Waals surface area contributed by atoms with E-state index in [0.717, 1.165) is 52.2 Å². The second kappa shape index (κ2) is 7.29. The largest absolute Gasteiger partial charge is 0.338 e. The van der Waals surface area contributed by atoms with Crippen molar-refractivity contribution in [1.82, 2.24) is 20.5 Å². The highest BCUT2D eigenvalue weighted by Gasteiger charge is 2.27. The van der Waals surface area contributed by atoms with Crippen molar-refractivity contribution in [3.05, 3.63) is 83.4 Å². The highest BCUT2D eigenvalue weighted by atomic mass is 19.1. The molecule has 3 N–H and O–H groups in total. The first-order valence-corrected chi connectivity index (χ1v) is 9.86. The Morgan fingerprint density at radius 2 is 1.86 bits per heavy atom. The number of nitrogens with one attached hydrogen (secondary N) is 3. The van der Waals surface area contributed by atoms with Gasteiger partial charge in [-0.15, -0.1) is 0 Å². The van der Waals surface area contributed by atoms with Crippen molar-refractivity contribution < 1.29 is 4.39 Å². The van der Waals surface area contributed by atoms with Gasteiger partial charge in [-0.1, -0.05) is 30.3 Å². The van der Waals surface area contributed by atoms with Crippen molar-refractivity contribution in [3.63, 3.8) is 0 Å². The van der Waals surface area contributed by atoms with Crippen LogP contribution in [0.25, 0.3) is 10.9 Å². The van der Waals surface area contributed by atoms with Crippen LogP contribution in [0.2, 0.25) is 0 Å². The van der Waals surface area contributed by atoms with Crippen LogP contribution >= 0.6 is 0 Å². The maximum atomic E-state index is 13.5. The quantitative estimate of drug-likeness (QED) is 0.436. The molecule has 2 aromatic heterocycles. The third-order valence-corrected chi connectivity index (χ3v) is 5.18. The number of fused-ring (bicyclic) bond motifs is 1. The number of pyridine rings is 1. The fraction of sp³-hybridized carbons (Fsp3) is 0.217. The van der Waals surface area contributed by atoms with Gasteiger partial charge in [0.2, 0.25) is 0 Å². The van der Waals surface area contributed by atoms with Crippen LogP contribution in [0.5, 0.6) is 0 Å². The van der Waals surface area contributed by atoms with Crippen LogP contribution < -0.4 is 10.6 Å². The second-order valence-electron chi connectivity index (χ2n) is 7.60. The molecular formula is C23H22FN5.